The van der Waals surface area contributed by atoms with Crippen LogP contribution in [0.15, 0.2) is 47.5 Å². The lowest BCUT2D eigenvalue weighted by molar-refractivity contribution is 0.0995. The lowest BCUT2D eigenvalue weighted by Crippen LogP contribution is -2.25. The van der Waals surface area contributed by atoms with E-state index in [-0.39, 0.29) is 17.1 Å². The van der Waals surface area contributed by atoms with Crippen molar-refractivity contribution in [2.75, 3.05) is 6.54 Å². The van der Waals surface area contributed by atoms with Crippen molar-refractivity contribution < 1.29 is 13.2 Å². The van der Waals surface area contributed by atoms with E-state index in [0.717, 1.165) is 5.39 Å². The minimum atomic E-state index is -3.66. The Balaban J connectivity index is 1.59. The van der Waals surface area contributed by atoms with E-state index in [9.17, 15) is 13.2 Å². The number of halogens is 1. The number of primary amides is 1. The molecule has 1 aromatic heterocycles. The summed E-state index contributed by atoms with van der Waals surface area (Å²) in [6.45, 7) is 0.780. The molecular formula is C17H18ClN5O3S. The molecule has 0 fully saturated rings. The highest BCUT2D eigenvalue weighted by Gasteiger charge is 2.16. The van der Waals surface area contributed by atoms with Crippen molar-refractivity contribution in [2.24, 2.45) is 5.73 Å². The van der Waals surface area contributed by atoms with Crippen molar-refractivity contribution in [3.8, 4) is 0 Å². The second-order valence-electron chi connectivity index (χ2n) is 5.96. The van der Waals surface area contributed by atoms with E-state index in [1.54, 1.807) is 30.3 Å². The maximum atomic E-state index is 12.6. The predicted molar refractivity (Wildman–Crippen MR) is 102 cm³/mol. The first-order valence-corrected chi connectivity index (χ1v) is 10.1. The first-order valence-electron chi connectivity index (χ1n) is 8.25. The second-order valence-corrected chi connectivity index (χ2v) is 8.13. The van der Waals surface area contributed by atoms with Crippen LogP contribution in [-0.4, -0.2) is 35.9 Å². The van der Waals surface area contributed by atoms with Gasteiger partial charge in [0.15, 0.2) is 5.69 Å². The van der Waals surface area contributed by atoms with Gasteiger partial charge in [0, 0.05) is 23.5 Å². The Morgan fingerprint density at radius 1 is 1.22 bits per heavy atom. The van der Waals surface area contributed by atoms with E-state index in [1.807, 2.05) is 6.07 Å². The van der Waals surface area contributed by atoms with Crippen molar-refractivity contribution >= 4 is 38.3 Å². The van der Waals surface area contributed by atoms with Crippen LogP contribution in [0.5, 0.6) is 0 Å². The Morgan fingerprint density at radius 3 is 2.78 bits per heavy atom. The zero-order chi connectivity index (χ0) is 19.4. The standard InChI is InChI=1S/C17H18ClN5O3S/c18-13-7-6-12-4-3-5-16(14(12)10-13)27(25,26)20-8-1-2-9-23-11-15(17(19)24)21-22-23/h3-7,10-11,20H,1-2,8-9H2,(H2,19,24). The van der Waals surface area contributed by atoms with Crippen LogP contribution in [0, 0.1) is 0 Å². The number of hydrogen-bond donors (Lipinski definition) is 2. The number of nitrogens with zero attached hydrogens (tertiary/aromatic N) is 3. The third kappa shape index (κ3) is 4.62. The first-order chi connectivity index (χ1) is 12.9. The van der Waals surface area contributed by atoms with Crippen LogP contribution in [0.2, 0.25) is 5.02 Å². The molecule has 1 amide bonds. The first kappa shape index (κ1) is 19.3. The van der Waals surface area contributed by atoms with Gasteiger partial charge in [0.2, 0.25) is 10.0 Å². The third-order valence-corrected chi connectivity index (χ3v) is 5.75. The average molecular weight is 408 g/mol. The zero-order valence-electron chi connectivity index (χ0n) is 14.3. The maximum Gasteiger partial charge on any atom is 0.270 e. The fourth-order valence-electron chi connectivity index (χ4n) is 2.65. The monoisotopic (exact) mass is 407 g/mol. The predicted octanol–water partition coefficient (Wildman–Crippen LogP) is 1.94. The number of aromatic nitrogens is 3. The quantitative estimate of drug-likeness (QED) is 0.553. The number of benzene rings is 2. The van der Waals surface area contributed by atoms with E-state index in [2.05, 4.69) is 15.0 Å². The van der Waals surface area contributed by atoms with E-state index in [0.29, 0.717) is 29.8 Å². The number of sulfonamides is 1. The Bertz CT molecular complexity index is 1080. The molecule has 0 aliphatic heterocycles. The Hall–Kier alpha value is -2.49. The second kappa shape index (κ2) is 8.03. The van der Waals surface area contributed by atoms with Gasteiger partial charge in [-0.05, 0) is 36.4 Å². The number of unbranched alkanes of at least 4 members (excludes halogenated alkanes) is 1. The highest BCUT2D eigenvalue weighted by Crippen LogP contribution is 2.25. The molecule has 10 heteroatoms. The molecule has 0 radical (unpaired) electrons. The minimum Gasteiger partial charge on any atom is -0.364 e. The van der Waals surface area contributed by atoms with Crippen molar-refractivity contribution in [2.45, 2.75) is 24.3 Å². The number of nitrogens with two attached hydrogens (primary N) is 1. The van der Waals surface area contributed by atoms with Crippen molar-refractivity contribution in [1.29, 1.82) is 0 Å². The summed E-state index contributed by atoms with van der Waals surface area (Å²) in [4.78, 5) is 11.2. The molecule has 1 heterocycles. The van der Waals surface area contributed by atoms with Gasteiger partial charge in [-0.15, -0.1) is 5.10 Å². The fourth-order valence-corrected chi connectivity index (χ4v) is 4.12. The Kier molecular flexibility index (Phi) is 5.73. The number of carbonyl (C=O) groups is 1. The molecule has 0 saturated heterocycles. The molecule has 3 rings (SSSR count). The summed E-state index contributed by atoms with van der Waals surface area (Å²) in [6, 6.07) is 10.2. The van der Waals surface area contributed by atoms with Crippen LogP contribution < -0.4 is 10.5 Å². The number of carbonyl (C=O) groups excluding carboxylic acids is 1. The van der Waals surface area contributed by atoms with E-state index in [4.69, 9.17) is 17.3 Å². The molecule has 0 aliphatic carbocycles. The molecule has 27 heavy (non-hydrogen) atoms. The summed E-state index contributed by atoms with van der Waals surface area (Å²) in [5.74, 6) is -0.635. The summed E-state index contributed by atoms with van der Waals surface area (Å²) in [5, 5.41) is 9.30. The van der Waals surface area contributed by atoms with Crippen molar-refractivity contribution in [3.63, 3.8) is 0 Å². The average Bonchev–Trinajstić information content (AvgIpc) is 3.10. The number of rotatable bonds is 8. The van der Waals surface area contributed by atoms with Gasteiger partial charge in [0.05, 0.1) is 11.1 Å². The van der Waals surface area contributed by atoms with Crippen LogP contribution in [-0.2, 0) is 16.6 Å². The minimum absolute atomic E-state index is 0.102. The van der Waals surface area contributed by atoms with Gasteiger partial charge in [-0.3, -0.25) is 9.48 Å². The highest BCUT2D eigenvalue weighted by atomic mass is 35.5. The SMILES string of the molecule is NC(=O)c1cn(CCCCNS(=O)(=O)c2cccc3ccc(Cl)cc23)nn1. The number of fused-ring (bicyclic) bond motifs is 1. The van der Waals surface area contributed by atoms with Crippen LogP contribution in [0.4, 0.5) is 0 Å². The highest BCUT2D eigenvalue weighted by molar-refractivity contribution is 7.89. The summed E-state index contributed by atoms with van der Waals surface area (Å²) in [7, 11) is -3.66. The van der Waals surface area contributed by atoms with Gasteiger partial charge in [0.25, 0.3) is 5.91 Å². The van der Waals surface area contributed by atoms with Crippen LogP contribution >= 0.6 is 11.6 Å². The van der Waals surface area contributed by atoms with E-state index in [1.165, 1.54) is 10.9 Å². The summed E-state index contributed by atoms with van der Waals surface area (Å²) < 4.78 is 29.4. The molecule has 3 aromatic rings. The maximum absolute atomic E-state index is 12.6. The fraction of sp³-hybridized carbons (Fsp3) is 0.235. The molecule has 0 unspecified atom stereocenters. The summed E-state index contributed by atoms with van der Waals surface area (Å²) in [5.41, 5.74) is 5.22. The number of nitrogens with one attached hydrogen (secondary N) is 1. The smallest absolute Gasteiger partial charge is 0.270 e. The van der Waals surface area contributed by atoms with Gasteiger partial charge in [-0.1, -0.05) is 35.0 Å². The molecule has 0 saturated carbocycles. The van der Waals surface area contributed by atoms with Crippen LogP contribution in [0.25, 0.3) is 10.8 Å². The number of hydrogen-bond acceptors (Lipinski definition) is 5. The molecular weight excluding hydrogens is 390 g/mol. The summed E-state index contributed by atoms with van der Waals surface area (Å²) >= 11 is 6.01. The van der Waals surface area contributed by atoms with Gasteiger partial charge < -0.3 is 5.73 Å². The molecule has 0 atom stereocenters. The largest absolute Gasteiger partial charge is 0.364 e. The number of aryl methyl sites for hydroxylation is 1. The Morgan fingerprint density at radius 2 is 2.04 bits per heavy atom. The van der Waals surface area contributed by atoms with E-state index < -0.39 is 15.9 Å². The van der Waals surface area contributed by atoms with Gasteiger partial charge in [-0.2, -0.15) is 0 Å². The molecule has 0 spiro atoms. The van der Waals surface area contributed by atoms with Crippen LogP contribution in [0.1, 0.15) is 23.3 Å². The van der Waals surface area contributed by atoms with Gasteiger partial charge in [0.1, 0.15) is 0 Å². The van der Waals surface area contributed by atoms with Crippen LogP contribution in [0.3, 0.4) is 0 Å². The molecule has 0 bridgehead atoms. The number of amides is 1. The molecule has 0 aliphatic rings. The van der Waals surface area contributed by atoms with Gasteiger partial charge in [-0.25, -0.2) is 13.1 Å². The van der Waals surface area contributed by atoms with Gasteiger partial charge >= 0.3 is 0 Å². The van der Waals surface area contributed by atoms with Crippen molar-refractivity contribution in [3.05, 3.63) is 53.3 Å². The van der Waals surface area contributed by atoms with E-state index >= 15 is 0 Å². The normalized spacial score (nSPS) is 11.7. The zero-order valence-corrected chi connectivity index (χ0v) is 15.9. The van der Waals surface area contributed by atoms with Crippen molar-refractivity contribution in [1.82, 2.24) is 19.7 Å². The topological polar surface area (TPSA) is 120 Å². The third-order valence-electron chi connectivity index (χ3n) is 3.99. The molecule has 8 nitrogen and oxygen atoms in total. The molecule has 142 valence electrons. The lowest BCUT2D eigenvalue weighted by Gasteiger charge is -2.10. The summed E-state index contributed by atoms with van der Waals surface area (Å²) in [6.07, 6.45) is 2.72. The lowest BCUT2D eigenvalue weighted by atomic mass is 10.1. The molecule has 2 aromatic carbocycles. The Labute approximate surface area is 161 Å². The molecule has 3 N–H and O–H groups in total.